The van der Waals surface area contributed by atoms with Gasteiger partial charge in [0.05, 0.1) is 12.0 Å². The first-order chi connectivity index (χ1) is 11.3. The van der Waals surface area contributed by atoms with Crippen LogP contribution in [0.3, 0.4) is 0 Å². The average molecular weight is 348 g/mol. The molecule has 0 aliphatic carbocycles. The molecule has 128 valence electrons. The molecule has 0 spiro atoms. The first-order valence-electron chi connectivity index (χ1n) is 7.27. The number of hydroxylamine groups is 1. The minimum Gasteiger partial charge on any atom is -0.322 e. The number of nitrogens with zero attached hydrogens (tertiary/aromatic N) is 1. The van der Waals surface area contributed by atoms with Crippen molar-refractivity contribution in [3.05, 3.63) is 59.2 Å². The van der Waals surface area contributed by atoms with Crippen LogP contribution in [0.15, 0.2) is 47.4 Å². The monoisotopic (exact) mass is 348 g/mol. The van der Waals surface area contributed by atoms with E-state index in [2.05, 4.69) is 5.32 Å². The zero-order valence-corrected chi connectivity index (χ0v) is 14.8. The third-order valence-corrected chi connectivity index (χ3v) is 5.33. The van der Waals surface area contributed by atoms with Crippen LogP contribution < -0.4 is 5.32 Å². The number of nitrogens with one attached hydrogen (secondary N) is 1. The Balaban J connectivity index is 2.20. The highest BCUT2D eigenvalue weighted by Crippen LogP contribution is 2.19. The first kappa shape index (κ1) is 18.1. The number of rotatable bonds is 5. The maximum absolute atomic E-state index is 12.3. The van der Waals surface area contributed by atoms with Crippen LogP contribution in [-0.4, -0.2) is 33.0 Å². The Morgan fingerprint density at radius 3 is 2.25 bits per heavy atom. The maximum Gasteiger partial charge on any atom is 0.264 e. The molecular weight excluding hydrogens is 328 g/mol. The van der Waals surface area contributed by atoms with Crippen molar-refractivity contribution in [2.75, 3.05) is 19.5 Å². The second kappa shape index (κ2) is 7.12. The Bertz CT molecular complexity index is 845. The average Bonchev–Trinajstić information content (AvgIpc) is 2.56. The van der Waals surface area contributed by atoms with E-state index < -0.39 is 10.0 Å². The first-order valence-corrected chi connectivity index (χ1v) is 8.71. The minimum absolute atomic E-state index is 0.0508. The summed E-state index contributed by atoms with van der Waals surface area (Å²) in [6, 6.07) is 11.4. The van der Waals surface area contributed by atoms with Gasteiger partial charge in [0, 0.05) is 18.3 Å². The van der Waals surface area contributed by atoms with Crippen molar-refractivity contribution < 1.29 is 18.0 Å². The SMILES string of the molecule is CON(C)S(=O)(=O)c1ccc(C(=O)Nc2ccc(C)cc2C)cc1. The predicted octanol–water partition coefficient (Wildman–Crippen LogP) is 2.74. The van der Waals surface area contributed by atoms with Crippen molar-refractivity contribution in [1.82, 2.24) is 4.47 Å². The lowest BCUT2D eigenvalue weighted by atomic mass is 10.1. The molecule has 1 amide bonds. The molecule has 2 aromatic rings. The molecule has 7 heteroatoms. The molecule has 0 fully saturated rings. The molecule has 0 aliphatic heterocycles. The molecule has 0 atom stereocenters. The topological polar surface area (TPSA) is 75.7 Å². The largest absolute Gasteiger partial charge is 0.322 e. The highest BCUT2D eigenvalue weighted by molar-refractivity contribution is 7.89. The Morgan fingerprint density at radius 1 is 1.08 bits per heavy atom. The van der Waals surface area contributed by atoms with Gasteiger partial charge in [-0.2, -0.15) is 0 Å². The van der Waals surface area contributed by atoms with Crippen LogP contribution in [0.1, 0.15) is 21.5 Å². The van der Waals surface area contributed by atoms with E-state index in [0.29, 0.717) is 5.56 Å². The Morgan fingerprint density at radius 2 is 1.71 bits per heavy atom. The van der Waals surface area contributed by atoms with E-state index in [1.165, 1.54) is 38.4 Å². The highest BCUT2D eigenvalue weighted by Gasteiger charge is 2.21. The molecule has 0 radical (unpaired) electrons. The van der Waals surface area contributed by atoms with Crippen molar-refractivity contribution in [2.45, 2.75) is 18.7 Å². The van der Waals surface area contributed by atoms with Gasteiger partial charge in [0.25, 0.3) is 15.9 Å². The van der Waals surface area contributed by atoms with Crippen LogP contribution in [-0.2, 0) is 14.9 Å². The number of aryl methyl sites for hydroxylation is 2. The fourth-order valence-electron chi connectivity index (χ4n) is 2.17. The van der Waals surface area contributed by atoms with E-state index in [1.807, 2.05) is 32.0 Å². The Labute approximate surface area is 142 Å². The van der Waals surface area contributed by atoms with Gasteiger partial charge >= 0.3 is 0 Å². The molecule has 0 aromatic heterocycles. The second-order valence-electron chi connectivity index (χ2n) is 5.39. The van der Waals surface area contributed by atoms with Gasteiger partial charge in [-0.1, -0.05) is 22.2 Å². The number of anilines is 1. The normalized spacial score (nSPS) is 11.5. The number of hydrogen-bond donors (Lipinski definition) is 1. The standard InChI is InChI=1S/C17H20N2O4S/c1-12-5-10-16(13(2)11-12)18-17(20)14-6-8-15(9-7-14)24(21,22)19(3)23-4/h5-11H,1-4H3,(H,18,20). The summed E-state index contributed by atoms with van der Waals surface area (Å²) in [4.78, 5) is 17.1. The fourth-order valence-corrected chi connectivity index (χ4v) is 3.15. The van der Waals surface area contributed by atoms with E-state index >= 15 is 0 Å². The van der Waals surface area contributed by atoms with Crippen LogP contribution in [0.4, 0.5) is 5.69 Å². The number of carbonyl (C=O) groups excluding carboxylic acids is 1. The molecule has 24 heavy (non-hydrogen) atoms. The van der Waals surface area contributed by atoms with Gasteiger partial charge in [-0.3, -0.25) is 9.63 Å². The van der Waals surface area contributed by atoms with Crippen LogP contribution in [0.2, 0.25) is 0 Å². The highest BCUT2D eigenvalue weighted by atomic mass is 32.2. The summed E-state index contributed by atoms with van der Waals surface area (Å²) < 4.78 is 25.0. The van der Waals surface area contributed by atoms with Gasteiger partial charge in [0.1, 0.15) is 0 Å². The van der Waals surface area contributed by atoms with Crippen LogP contribution in [0.25, 0.3) is 0 Å². The summed E-state index contributed by atoms with van der Waals surface area (Å²) in [6.45, 7) is 3.90. The van der Waals surface area contributed by atoms with E-state index in [0.717, 1.165) is 21.3 Å². The molecule has 2 aromatic carbocycles. The van der Waals surface area contributed by atoms with Crippen molar-refractivity contribution >= 4 is 21.6 Å². The van der Waals surface area contributed by atoms with Crippen molar-refractivity contribution in [3.8, 4) is 0 Å². The van der Waals surface area contributed by atoms with Gasteiger partial charge in [0.15, 0.2) is 0 Å². The molecule has 6 nitrogen and oxygen atoms in total. The summed E-state index contributed by atoms with van der Waals surface area (Å²) in [5.74, 6) is -0.300. The smallest absolute Gasteiger partial charge is 0.264 e. The lowest BCUT2D eigenvalue weighted by molar-refractivity contribution is -0.0258. The maximum atomic E-state index is 12.3. The molecule has 0 unspecified atom stereocenters. The number of sulfonamides is 1. The lowest BCUT2D eigenvalue weighted by Gasteiger charge is -2.14. The third kappa shape index (κ3) is 3.81. The summed E-state index contributed by atoms with van der Waals surface area (Å²) in [5, 5.41) is 2.82. The fraction of sp³-hybridized carbons (Fsp3) is 0.235. The van der Waals surface area contributed by atoms with Crippen molar-refractivity contribution in [1.29, 1.82) is 0 Å². The molecule has 2 rings (SSSR count). The molecule has 0 saturated carbocycles. The van der Waals surface area contributed by atoms with Crippen LogP contribution >= 0.6 is 0 Å². The molecular formula is C17H20N2O4S. The van der Waals surface area contributed by atoms with Crippen LogP contribution in [0, 0.1) is 13.8 Å². The molecule has 1 N–H and O–H groups in total. The molecule has 0 saturated heterocycles. The van der Waals surface area contributed by atoms with Gasteiger partial charge in [-0.05, 0) is 49.7 Å². The lowest BCUT2D eigenvalue weighted by Crippen LogP contribution is -2.25. The van der Waals surface area contributed by atoms with Crippen molar-refractivity contribution in [3.63, 3.8) is 0 Å². The summed E-state index contributed by atoms with van der Waals surface area (Å²) in [5.41, 5.74) is 3.17. The number of hydrogen-bond acceptors (Lipinski definition) is 4. The second-order valence-corrected chi connectivity index (χ2v) is 7.33. The number of amides is 1. The zero-order valence-electron chi connectivity index (χ0n) is 14.0. The molecule has 0 heterocycles. The summed E-state index contributed by atoms with van der Waals surface area (Å²) in [6.07, 6.45) is 0. The van der Waals surface area contributed by atoms with Gasteiger partial charge in [0.2, 0.25) is 0 Å². The van der Waals surface area contributed by atoms with Gasteiger partial charge < -0.3 is 5.32 Å². The quantitative estimate of drug-likeness (QED) is 0.843. The zero-order chi connectivity index (χ0) is 17.9. The van der Waals surface area contributed by atoms with Crippen molar-refractivity contribution in [2.24, 2.45) is 0 Å². The number of benzene rings is 2. The summed E-state index contributed by atoms with van der Waals surface area (Å²) in [7, 11) is -1.15. The third-order valence-electron chi connectivity index (χ3n) is 3.64. The van der Waals surface area contributed by atoms with Gasteiger partial charge in [-0.15, -0.1) is 0 Å². The Kier molecular flexibility index (Phi) is 5.38. The van der Waals surface area contributed by atoms with E-state index in [9.17, 15) is 13.2 Å². The van der Waals surface area contributed by atoms with E-state index in [4.69, 9.17) is 4.84 Å². The number of carbonyl (C=O) groups is 1. The van der Waals surface area contributed by atoms with Crippen LogP contribution in [0.5, 0.6) is 0 Å². The van der Waals surface area contributed by atoms with E-state index in [1.54, 1.807) is 0 Å². The molecule has 0 aliphatic rings. The molecule has 0 bridgehead atoms. The minimum atomic E-state index is -3.72. The van der Waals surface area contributed by atoms with Gasteiger partial charge in [-0.25, -0.2) is 8.42 Å². The van der Waals surface area contributed by atoms with E-state index in [-0.39, 0.29) is 10.8 Å². The Hall–Kier alpha value is -2.22. The summed E-state index contributed by atoms with van der Waals surface area (Å²) >= 11 is 0. The predicted molar refractivity (Wildman–Crippen MR) is 92.3 cm³/mol.